The molecule has 0 aliphatic carbocycles. The molecule has 0 radical (unpaired) electrons. The molecule has 1 fully saturated rings. The topological polar surface area (TPSA) is 105 Å². The van der Waals surface area contributed by atoms with E-state index in [0.717, 1.165) is 17.0 Å². The first-order valence-corrected chi connectivity index (χ1v) is 9.31. The Bertz CT molecular complexity index is 872. The predicted octanol–water partition coefficient (Wildman–Crippen LogP) is 1.69. The molecule has 0 aromatic heterocycles. The first-order chi connectivity index (χ1) is 15.3. The molecule has 1 aliphatic heterocycles. The van der Waals surface area contributed by atoms with Gasteiger partial charge in [0.05, 0.1) is 30.9 Å². The van der Waals surface area contributed by atoms with Crippen molar-refractivity contribution in [3.63, 3.8) is 0 Å². The zero-order valence-electron chi connectivity index (χ0n) is 16.8. The quantitative estimate of drug-likeness (QED) is 0.407. The van der Waals surface area contributed by atoms with Crippen LogP contribution < -0.4 is 16.0 Å². The Labute approximate surface area is 182 Å². The average molecular weight is 488 g/mol. The van der Waals surface area contributed by atoms with Crippen molar-refractivity contribution in [3.8, 4) is 0 Å². The van der Waals surface area contributed by atoms with Crippen LogP contribution in [-0.2, 0) is 25.3 Å². The Morgan fingerprint density at radius 1 is 1.15 bits per heavy atom. The maximum Gasteiger partial charge on any atom is 0.418 e. The minimum Gasteiger partial charge on any atom is -0.370 e. The lowest BCUT2D eigenvalue weighted by atomic mass is 10.1. The number of rotatable bonds is 9. The van der Waals surface area contributed by atoms with Gasteiger partial charge in [-0.3, -0.25) is 19.3 Å². The van der Waals surface area contributed by atoms with E-state index in [1.54, 1.807) is 0 Å². The third kappa shape index (κ3) is 7.02. The van der Waals surface area contributed by atoms with Crippen molar-refractivity contribution in [3.05, 3.63) is 23.8 Å². The number of carbonyl (C=O) groups is 3. The zero-order chi connectivity index (χ0) is 24.9. The molecule has 1 heterocycles. The number of nitrogens with two attached hydrogens (primary N) is 1. The molecular weight excluding hydrogens is 469 g/mol. The van der Waals surface area contributed by atoms with Crippen LogP contribution in [0.4, 0.5) is 42.1 Å². The minimum atomic E-state index is -4.98. The molecule has 15 heteroatoms. The highest BCUT2D eigenvalue weighted by atomic mass is 19.4. The number of amides is 3. The maximum absolute atomic E-state index is 13.6. The number of nitrogens with zero attached hydrogens (tertiary/aromatic N) is 2. The highest BCUT2D eigenvalue weighted by Gasteiger charge is 2.38. The monoisotopic (exact) mass is 488 g/mol. The Kier molecular flexibility index (Phi) is 8.60. The summed E-state index contributed by atoms with van der Waals surface area (Å²) in [7, 11) is 0. The maximum atomic E-state index is 13.6. The largest absolute Gasteiger partial charge is 0.418 e. The van der Waals surface area contributed by atoms with E-state index < -0.39 is 79.4 Å². The van der Waals surface area contributed by atoms with Gasteiger partial charge in [-0.05, 0) is 18.2 Å². The molecule has 2 rings (SSSR count). The number of anilines is 2. The molecule has 1 saturated heterocycles. The summed E-state index contributed by atoms with van der Waals surface area (Å²) in [6, 6.07) is 0.00604. The van der Waals surface area contributed by atoms with E-state index in [1.807, 2.05) is 5.32 Å². The normalized spacial score (nSPS) is 15.9. The molecule has 3 N–H and O–H groups in total. The van der Waals surface area contributed by atoms with Crippen molar-refractivity contribution in [1.82, 2.24) is 4.90 Å². The van der Waals surface area contributed by atoms with Crippen molar-refractivity contribution in [1.29, 1.82) is 0 Å². The summed E-state index contributed by atoms with van der Waals surface area (Å²) in [5.41, 5.74) is 2.65. The number of alkyl halides is 7. The fourth-order valence-electron chi connectivity index (χ4n) is 3.17. The lowest BCUT2D eigenvalue weighted by Gasteiger charge is -2.30. The lowest BCUT2D eigenvalue weighted by Crippen LogP contribution is -2.54. The van der Waals surface area contributed by atoms with Crippen molar-refractivity contribution in [2.75, 3.05) is 43.1 Å². The summed E-state index contributed by atoms with van der Waals surface area (Å²) >= 11 is 0. The van der Waals surface area contributed by atoms with Crippen molar-refractivity contribution in [2.45, 2.75) is 25.1 Å². The van der Waals surface area contributed by atoms with E-state index in [1.165, 1.54) is 0 Å². The first-order valence-electron chi connectivity index (χ1n) is 9.31. The van der Waals surface area contributed by atoms with E-state index >= 15 is 0 Å². The van der Waals surface area contributed by atoms with Crippen LogP contribution in [0.2, 0.25) is 0 Å². The van der Waals surface area contributed by atoms with E-state index in [0.29, 0.717) is 6.07 Å². The Morgan fingerprint density at radius 3 is 2.24 bits per heavy atom. The van der Waals surface area contributed by atoms with Gasteiger partial charge in [0.25, 0.3) is 24.7 Å². The molecule has 0 saturated carbocycles. The lowest BCUT2D eigenvalue weighted by molar-refractivity contribution is -0.138. The van der Waals surface area contributed by atoms with E-state index in [9.17, 15) is 45.1 Å². The molecular formula is C18H19F7N4O4. The number of primary amides is 1. The fourth-order valence-corrected chi connectivity index (χ4v) is 3.17. The van der Waals surface area contributed by atoms with E-state index in [4.69, 9.17) is 10.5 Å². The highest BCUT2D eigenvalue weighted by molar-refractivity contribution is 6.09. The van der Waals surface area contributed by atoms with Crippen LogP contribution in [0, 0.1) is 0 Å². The smallest absolute Gasteiger partial charge is 0.370 e. The van der Waals surface area contributed by atoms with Gasteiger partial charge in [-0.2, -0.15) is 13.2 Å². The van der Waals surface area contributed by atoms with E-state index in [2.05, 4.69) is 0 Å². The van der Waals surface area contributed by atoms with Crippen LogP contribution >= 0.6 is 0 Å². The molecule has 1 aromatic carbocycles. The van der Waals surface area contributed by atoms with Crippen LogP contribution in [-0.4, -0.2) is 74.4 Å². The minimum absolute atomic E-state index is 0.00801. The SMILES string of the molecule is NC(=O)[C@H](C(=O)Nc1ccc(N2CCOCC2=O)c(C(F)(F)F)c1)N(CC(F)F)CC(F)F. The van der Waals surface area contributed by atoms with Crippen molar-refractivity contribution >= 4 is 29.1 Å². The van der Waals surface area contributed by atoms with Crippen LogP contribution in [0.15, 0.2) is 18.2 Å². The van der Waals surface area contributed by atoms with Crippen LogP contribution in [0.3, 0.4) is 0 Å². The van der Waals surface area contributed by atoms with Gasteiger partial charge in [-0.15, -0.1) is 0 Å². The number of morpholine rings is 1. The number of ether oxygens (including phenoxy) is 1. The average Bonchev–Trinajstić information content (AvgIpc) is 2.66. The number of halogens is 7. The van der Waals surface area contributed by atoms with Gasteiger partial charge in [-0.25, -0.2) is 17.6 Å². The molecule has 0 bridgehead atoms. The number of nitrogens with one attached hydrogen (secondary N) is 1. The number of hydrogen-bond acceptors (Lipinski definition) is 5. The van der Waals surface area contributed by atoms with Crippen molar-refractivity contribution < 1.29 is 49.9 Å². The van der Waals surface area contributed by atoms with Gasteiger partial charge in [0.15, 0.2) is 6.04 Å². The van der Waals surface area contributed by atoms with Gasteiger partial charge < -0.3 is 20.7 Å². The molecule has 0 spiro atoms. The Morgan fingerprint density at radius 2 is 1.76 bits per heavy atom. The van der Waals surface area contributed by atoms with Crippen LogP contribution in [0.5, 0.6) is 0 Å². The number of hydrogen-bond donors (Lipinski definition) is 2. The molecule has 0 unspecified atom stereocenters. The summed E-state index contributed by atoms with van der Waals surface area (Å²) in [5, 5.41) is 1.90. The molecule has 184 valence electrons. The first kappa shape index (κ1) is 26.3. The molecule has 1 aliphatic rings. The van der Waals surface area contributed by atoms with Crippen LogP contribution in [0.25, 0.3) is 0 Å². The summed E-state index contributed by atoms with van der Waals surface area (Å²) in [6.45, 7) is -3.41. The summed E-state index contributed by atoms with van der Waals surface area (Å²) in [5.74, 6) is -3.76. The second kappa shape index (κ2) is 10.8. The molecule has 1 atom stereocenters. The standard InChI is InChI=1S/C18H19F7N4O4/c19-12(20)6-28(7-13(21)22)15(16(26)31)17(32)27-9-1-2-11(10(5-9)18(23,24)25)29-3-4-33-8-14(29)30/h1-2,5,12-13,15H,3-4,6-8H2,(H2,26,31)(H,27,32)/t15-/m1/s1. The van der Waals surface area contributed by atoms with Gasteiger partial charge in [-0.1, -0.05) is 0 Å². The summed E-state index contributed by atoms with van der Waals surface area (Å²) in [4.78, 5) is 37.0. The number of benzene rings is 1. The second-order valence-electron chi connectivity index (χ2n) is 6.86. The third-order valence-corrected chi connectivity index (χ3v) is 4.47. The van der Waals surface area contributed by atoms with E-state index in [-0.39, 0.29) is 18.1 Å². The van der Waals surface area contributed by atoms with Gasteiger partial charge in [0.1, 0.15) is 6.61 Å². The second-order valence-corrected chi connectivity index (χ2v) is 6.86. The molecule has 3 amide bonds. The third-order valence-electron chi connectivity index (χ3n) is 4.47. The van der Waals surface area contributed by atoms with Crippen LogP contribution in [0.1, 0.15) is 5.56 Å². The molecule has 1 aromatic rings. The van der Waals surface area contributed by atoms with Gasteiger partial charge in [0.2, 0.25) is 5.91 Å². The highest BCUT2D eigenvalue weighted by Crippen LogP contribution is 2.38. The number of carbonyl (C=O) groups excluding carboxylic acids is 3. The molecule has 33 heavy (non-hydrogen) atoms. The van der Waals surface area contributed by atoms with Gasteiger partial charge in [0, 0.05) is 12.2 Å². The van der Waals surface area contributed by atoms with Gasteiger partial charge >= 0.3 is 6.18 Å². The zero-order valence-corrected chi connectivity index (χ0v) is 16.8. The van der Waals surface area contributed by atoms with Crippen molar-refractivity contribution in [2.24, 2.45) is 5.73 Å². The predicted molar refractivity (Wildman–Crippen MR) is 99.8 cm³/mol. The summed E-state index contributed by atoms with van der Waals surface area (Å²) in [6.07, 6.45) is -11.4. The summed E-state index contributed by atoms with van der Waals surface area (Å²) < 4.78 is 96.7. The molecule has 8 nitrogen and oxygen atoms in total. The Hall–Kier alpha value is -2.94. The fraction of sp³-hybridized carbons (Fsp3) is 0.500. The Balaban J connectivity index is 2.36.